The molecular formula is C14H18ClN3O2. The summed E-state index contributed by atoms with van der Waals surface area (Å²) in [5, 5.41) is 8.08. The van der Waals surface area contributed by atoms with Gasteiger partial charge in [0.15, 0.2) is 11.5 Å². The van der Waals surface area contributed by atoms with Gasteiger partial charge in [0.05, 0.1) is 32.3 Å². The molecule has 108 valence electrons. The standard InChI is InChI=1S/C14H18ClN3O2/c1-4-11(15)12-9-18(17-16-12)8-10-5-6-13(19-2)14(7-10)20-3/h5-7,9,11H,4,8H2,1-3H3. The molecule has 2 aromatic rings. The number of benzene rings is 1. The third kappa shape index (κ3) is 3.22. The summed E-state index contributed by atoms with van der Waals surface area (Å²) in [6, 6.07) is 5.78. The van der Waals surface area contributed by atoms with Crippen LogP contribution in [0.15, 0.2) is 24.4 Å². The second kappa shape index (κ2) is 6.61. The maximum atomic E-state index is 6.14. The predicted molar refractivity (Wildman–Crippen MR) is 77.6 cm³/mol. The van der Waals surface area contributed by atoms with Crippen LogP contribution in [0.1, 0.15) is 30.0 Å². The highest BCUT2D eigenvalue weighted by molar-refractivity contribution is 6.20. The zero-order chi connectivity index (χ0) is 14.5. The topological polar surface area (TPSA) is 49.2 Å². The first-order valence-corrected chi connectivity index (χ1v) is 6.86. The maximum Gasteiger partial charge on any atom is 0.161 e. The van der Waals surface area contributed by atoms with Crippen LogP contribution >= 0.6 is 11.6 Å². The Morgan fingerprint density at radius 2 is 2.00 bits per heavy atom. The minimum Gasteiger partial charge on any atom is -0.493 e. The normalized spacial score (nSPS) is 12.2. The SMILES string of the molecule is CCC(Cl)c1cn(Cc2ccc(OC)c(OC)c2)nn1. The minimum absolute atomic E-state index is 0.0887. The predicted octanol–water partition coefficient (Wildman–Crippen LogP) is 3.03. The number of ether oxygens (including phenoxy) is 2. The molecule has 20 heavy (non-hydrogen) atoms. The number of hydrogen-bond donors (Lipinski definition) is 0. The molecule has 0 fully saturated rings. The van der Waals surface area contributed by atoms with E-state index < -0.39 is 0 Å². The molecule has 1 unspecified atom stereocenters. The Bertz CT molecular complexity index is 571. The Morgan fingerprint density at radius 1 is 1.25 bits per heavy atom. The van der Waals surface area contributed by atoms with Crippen molar-refractivity contribution >= 4 is 11.6 Å². The first-order valence-electron chi connectivity index (χ1n) is 6.43. The Hall–Kier alpha value is -1.75. The Labute approximate surface area is 123 Å². The van der Waals surface area contributed by atoms with E-state index in [0.29, 0.717) is 18.0 Å². The molecule has 0 radical (unpaired) electrons. The third-order valence-electron chi connectivity index (χ3n) is 3.03. The fourth-order valence-corrected chi connectivity index (χ4v) is 2.01. The highest BCUT2D eigenvalue weighted by Gasteiger charge is 2.11. The molecule has 1 aromatic heterocycles. The van der Waals surface area contributed by atoms with Crippen molar-refractivity contribution in [3.05, 3.63) is 35.7 Å². The van der Waals surface area contributed by atoms with Gasteiger partial charge in [-0.15, -0.1) is 16.7 Å². The summed E-state index contributed by atoms with van der Waals surface area (Å²) in [7, 11) is 3.24. The smallest absolute Gasteiger partial charge is 0.161 e. The lowest BCUT2D eigenvalue weighted by molar-refractivity contribution is 0.354. The van der Waals surface area contributed by atoms with Crippen LogP contribution in [0.2, 0.25) is 0 Å². The Kier molecular flexibility index (Phi) is 4.84. The monoisotopic (exact) mass is 295 g/mol. The zero-order valence-electron chi connectivity index (χ0n) is 11.8. The summed E-state index contributed by atoms with van der Waals surface area (Å²) in [4.78, 5) is 0. The lowest BCUT2D eigenvalue weighted by Gasteiger charge is -2.09. The third-order valence-corrected chi connectivity index (χ3v) is 3.56. The number of rotatable bonds is 6. The molecule has 0 saturated carbocycles. The van der Waals surface area contributed by atoms with Gasteiger partial charge in [0.1, 0.15) is 5.69 Å². The van der Waals surface area contributed by atoms with Crippen molar-refractivity contribution < 1.29 is 9.47 Å². The molecule has 0 N–H and O–H groups in total. The summed E-state index contributed by atoms with van der Waals surface area (Å²) in [5.41, 5.74) is 1.86. The lowest BCUT2D eigenvalue weighted by Crippen LogP contribution is -2.01. The van der Waals surface area contributed by atoms with Gasteiger partial charge in [0.2, 0.25) is 0 Å². The molecule has 6 heteroatoms. The van der Waals surface area contributed by atoms with Crippen molar-refractivity contribution in [1.29, 1.82) is 0 Å². The molecule has 5 nitrogen and oxygen atoms in total. The highest BCUT2D eigenvalue weighted by Crippen LogP contribution is 2.28. The van der Waals surface area contributed by atoms with E-state index in [2.05, 4.69) is 10.3 Å². The molecule has 1 aromatic carbocycles. The summed E-state index contributed by atoms with van der Waals surface area (Å²) in [6.07, 6.45) is 2.70. The second-order valence-corrected chi connectivity index (χ2v) is 4.93. The second-order valence-electron chi connectivity index (χ2n) is 4.41. The summed E-state index contributed by atoms with van der Waals surface area (Å²) in [5.74, 6) is 1.41. The minimum atomic E-state index is -0.0887. The van der Waals surface area contributed by atoms with E-state index in [0.717, 1.165) is 17.7 Å². The summed E-state index contributed by atoms with van der Waals surface area (Å²) >= 11 is 6.14. The van der Waals surface area contributed by atoms with Gasteiger partial charge in [0.25, 0.3) is 0 Å². The number of aromatic nitrogens is 3. The molecule has 0 spiro atoms. The van der Waals surface area contributed by atoms with Crippen molar-refractivity contribution in [3.8, 4) is 11.5 Å². The fraction of sp³-hybridized carbons (Fsp3) is 0.429. The molecule has 0 saturated heterocycles. The van der Waals surface area contributed by atoms with Gasteiger partial charge in [-0.3, -0.25) is 0 Å². The fourth-order valence-electron chi connectivity index (χ4n) is 1.91. The van der Waals surface area contributed by atoms with Crippen molar-refractivity contribution in [1.82, 2.24) is 15.0 Å². The Morgan fingerprint density at radius 3 is 2.65 bits per heavy atom. The van der Waals surface area contributed by atoms with Gasteiger partial charge < -0.3 is 9.47 Å². The van der Waals surface area contributed by atoms with Gasteiger partial charge in [-0.2, -0.15) is 0 Å². The lowest BCUT2D eigenvalue weighted by atomic mass is 10.2. The molecular weight excluding hydrogens is 278 g/mol. The molecule has 1 heterocycles. The van der Waals surface area contributed by atoms with Crippen LogP contribution in [0.5, 0.6) is 11.5 Å². The first-order chi connectivity index (χ1) is 9.67. The van der Waals surface area contributed by atoms with E-state index in [4.69, 9.17) is 21.1 Å². The van der Waals surface area contributed by atoms with E-state index in [1.54, 1.807) is 18.9 Å². The molecule has 2 rings (SSSR count). The van der Waals surface area contributed by atoms with Crippen LogP contribution in [0.4, 0.5) is 0 Å². The van der Waals surface area contributed by atoms with E-state index in [1.807, 2.05) is 31.3 Å². The van der Waals surface area contributed by atoms with Gasteiger partial charge >= 0.3 is 0 Å². The van der Waals surface area contributed by atoms with Gasteiger partial charge in [-0.05, 0) is 24.1 Å². The average Bonchev–Trinajstić information content (AvgIpc) is 2.94. The van der Waals surface area contributed by atoms with Crippen molar-refractivity contribution in [2.45, 2.75) is 25.3 Å². The van der Waals surface area contributed by atoms with Crippen LogP contribution in [0.3, 0.4) is 0 Å². The number of hydrogen-bond acceptors (Lipinski definition) is 4. The van der Waals surface area contributed by atoms with Crippen molar-refractivity contribution in [2.75, 3.05) is 14.2 Å². The molecule has 0 aliphatic rings. The van der Waals surface area contributed by atoms with Gasteiger partial charge in [-0.25, -0.2) is 4.68 Å². The zero-order valence-corrected chi connectivity index (χ0v) is 12.6. The molecule has 0 amide bonds. The molecule has 0 bridgehead atoms. The van der Waals surface area contributed by atoms with E-state index in [-0.39, 0.29) is 5.38 Å². The first kappa shape index (κ1) is 14.7. The summed E-state index contributed by atoms with van der Waals surface area (Å²) < 4.78 is 12.3. The van der Waals surface area contributed by atoms with Gasteiger partial charge in [-0.1, -0.05) is 18.2 Å². The van der Waals surface area contributed by atoms with Crippen LogP contribution in [-0.4, -0.2) is 29.2 Å². The average molecular weight is 296 g/mol. The molecule has 0 aliphatic heterocycles. The van der Waals surface area contributed by atoms with Gasteiger partial charge in [0, 0.05) is 0 Å². The van der Waals surface area contributed by atoms with E-state index in [9.17, 15) is 0 Å². The number of nitrogens with zero attached hydrogens (tertiary/aromatic N) is 3. The van der Waals surface area contributed by atoms with E-state index in [1.165, 1.54) is 0 Å². The van der Waals surface area contributed by atoms with Crippen molar-refractivity contribution in [2.24, 2.45) is 0 Å². The van der Waals surface area contributed by atoms with Crippen molar-refractivity contribution in [3.63, 3.8) is 0 Å². The van der Waals surface area contributed by atoms with Crippen LogP contribution in [-0.2, 0) is 6.54 Å². The number of halogens is 1. The Balaban J connectivity index is 2.15. The molecule has 1 atom stereocenters. The van der Waals surface area contributed by atoms with Crippen LogP contribution in [0.25, 0.3) is 0 Å². The maximum absolute atomic E-state index is 6.14. The highest BCUT2D eigenvalue weighted by atomic mass is 35.5. The summed E-state index contributed by atoms with van der Waals surface area (Å²) in [6.45, 7) is 2.63. The number of alkyl halides is 1. The van der Waals surface area contributed by atoms with Crippen LogP contribution in [0, 0.1) is 0 Å². The van der Waals surface area contributed by atoms with Crippen LogP contribution < -0.4 is 9.47 Å². The quantitative estimate of drug-likeness (QED) is 0.769. The molecule has 0 aliphatic carbocycles. The van der Waals surface area contributed by atoms with E-state index >= 15 is 0 Å². The number of methoxy groups -OCH3 is 2. The largest absolute Gasteiger partial charge is 0.493 e.